The van der Waals surface area contributed by atoms with Crippen LogP contribution in [0.4, 0.5) is 0 Å². The molecule has 1 fully saturated rings. The molecule has 1 aliphatic rings. The van der Waals surface area contributed by atoms with Crippen molar-refractivity contribution in [1.29, 1.82) is 0 Å². The summed E-state index contributed by atoms with van der Waals surface area (Å²) in [5.41, 5.74) is 3.66. The van der Waals surface area contributed by atoms with E-state index in [0.717, 1.165) is 30.9 Å². The van der Waals surface area contributed by atoms with E-state index in [9.17, 15) is 0 Å². The number of hydrogen-bond donors (Lipinski definition) is 0. The van der Waals surface area contributed by atoms with Crippen molar-refractivity contribution >= 4 is 10.9 Å². The molecule has 0 atom stereocenters. The van der Waals surface area contributed by atoms with Gasteiger partial charge in [-0.25, -0.2) is 0 Å². The van der Waals surface area contributed by atoms with Gasteiger partial charge in [-0.1, -0.05) is 36.4 Å². The summed E-state index contributed by atoms with van der Waals surface area (Å²) in [5.74, 6) is 1.59. The van der Waals surface area contributed by atoms with Crippen molar-refractivity contribution in [2.75, 3.05) is 20.2 Å². The molecule has 0 aliphatic carbocycles. The second-order valence-corrected chi connectivity index (χ2v) is 6.82. The predicted molar refractivity (Wildman–Crippen MR) is 102 cm³/mol. The molecule has 2 heterocycles. The average Bonchev–Trinajstić information content (AvgIpc) is 2.68. The van der Waals surface area contributed by atoms with E-state index in [1.807, 2.05) is 6.07 Å². The van der Waals surface area contributed by atoms with E-state index < -0.39 is 0 Å². The third-order valence-electron chi connectivity index (χ3n) is 5.19. The molecule has 3 aromatic rings. The van der Waals surface area contributed by atoms with Gasteiger partial charge in [0, 0.05) is 11.9 Å². The minimum atomic E-state index is 0.635. The Labute approximate surface area is 149 Å². The summed E-state index contributed by atoms with van der Waals surface area (Å²) in [7, 11) is 1.73. The number of methoxy groups -OCH3 is 1. The first-order chi connectivity index (χ1) is 12.3. The quantitative estimate of drug-likeness (QED) is 0.697. The van der Waals surface area contributed by atoms with Crippen LogP contribution in [0, 0.1) is 0 Å². The lowest BCUT2D eigenvalue weighted by atomic mass is 9.89. The number of pyridine rings is 1. The Bertz CT molecular complexity index is 853. The van der Waals surface area contributed by atoms with Gasteiger partial charge in [-0.2, -0.15) is 0 Å². The normalized spacial score (nSPS) is 16.2. The average molecular weight is 332 g/mol. The second kappa shape index (κ2) is 7.24. The van der Waals surface area contributed by atoms with Crippen LogP contribution in [0.1, 0.15) is 30.0 Å². The number of nitrogens with zero attached hydrogens (tertiary/aromatic N) is 2. The zero-order chi connectivity index (χ0) is 17.1. The Morgan fingerprint density at radius 3 is 2.68 bits per heavy atom. The molecule has 2 aromatic carbocycles. The maximum Gasteiger partial charge on any atom is 0.119 e. The van der Waals surface area contributed by atoms with Crippen LogP contribution in [-0.4, -0.2) is 30.1 Å². The molecule has 0 N–H and O–H groups in total. The van der Waals surface area contributed by atoms with E-state index in [2.05, 4.69) is 59.5 Å². The Hall–Kier alpha value is -2.39. The highest BCUT2D eigenvalue weighted by Gasteiger charge is 2.21. The number of likely N-dealkylation sites (tertiary alicyclic amines) is 1. The van der Waals surface area contributed by atoms with Crippen molar-refractivity contribution in [3.8, 4) is 5.75 Å². The molecule has 0 unspecified atom stereocenters. The van der Waals surface area contributed by atoms with Gasteiger partial charge < -0.3 is 4.74 Å². The van der Waals surface area contributed by atoms with Gasteiger partial charge in [-0.15, -0.1) is 0 Å². The molecule has 3 heteroatoms. The largest absolute Gasteiger partial charge is 0.497 e. The van der Waals surface area contributed by atoms with Gasteiger partial charge in [0.15, 0.2) is 0 Å². The molecule has 1 aromatic heterocycles. The van der Waals surface area contributed by atoms with Gasteiger partial charge in [0.25, 0.3) is 0 Å². The highest BCUT2D eigenvalue weighted by Crippen LogP contribution is 2.30. The molecule has 25 heavy (non-hydrogen) atoms. The number of para-hydroxylation sites is 1. The lowest BCUT2D eigenvalue weighted by Gasteiger charge is -2.32. The smallest absolute Gasteiger partial charge is 0.119 e. The van der Waals surface area contributed by atoms with E-state index in [0.29, 0.717) is 5.92 Å². The number of fused-ring (bicyclic) bond motifs is 1. The molecule has 0 amide bonds. The number of rotatable bonds is 4. The molecular formula is C22H24N2O. The van der Waals surface area contributed by atoms with Crippen molar-refractivity contribution in [1.82, 2.24) is 9.88 Å². The van der Waals surface area contributed by atoms with Gasteiger partial charge in [-0.05, 0) is 61.7 Å². The van der Waals surface area contributed by atoms with Gasteiger partial charge in [0.2, 0.25) is 0 Å². The molecule has 1 aliphatic heterocycles. The van der Waals surface area contributed by atoms with Crippen LogP contribution in [0.2, 0.25) is 0 Å². The summed E-state index contributed by atoms with van der Waals surface area (Å²) in [5, 5.41) is 1.21. The fraction of sp³-hybridized carbons (Fsp3) is 0.318. The van der Waals surface area contributed by atoms with Crippen LogP contribution < -0.4 is 4.74 Å². The molecule has 0 spiro atoms. The van der Waals surface area contributed by atoms with E-state index >= 15 is 0 Å². The molecule has 128 valence electrons. The van der Waals surface area contributed by atoms with E-state index in [1.54, 1.807) is 7.11 Å². The van der Waals surface area contributed by atoms with Crippen molar-refractivity contribution in [3.63, 3.8) is 0 Å². The standard InChI is InChI=1S/C22H24N2O/c1-25-21-7-4-6-19(15-21)17-11-13-24(14-12-17)16-20-10-9-18-5-2-3-8-22(18)23-20/h2-10,15,17H,11-14,16H2,1H3. The second-order valence-electron chi connectivity index (χ2n) is 6.82. The Balaban J connectivity index is 1.39. The van der Waals surface area contributed by atoms with Gasteiger partial charge in [0.05, 0.1) is 18.3 Å². The van der Waals surface area contributed by atoms with Crippen LogP contribution in [0.15, 0.2) is 60.7 Å². The van der Waals surface area contributed by atoms with E-state index in [-0.39, 0.29) is 0 Å². The third-order valence-corrected chi connectivity index (χ3v) is 5.19. The van der Waals surface area contributed by atoms with Crippen molar-refractivity contribution < 1.29 is 4.74 Å². The topological polar surface area (TPSA) is 25.4 Å². The summed E-state index contributed by atoms with van der Waals surface area (Å²) >= 11 is 0. The maximum atomic E-state index is 5.36. The molecule has 0 saturated carbocycles. The lowest BCUT2D eigenvalue weighted by Crippen LogP contribution is -2.32. The van der Waals surface area contributed by atoms with Crippen LogP contribution in [0.5, 0.6) is 5.75 Å². The molecule has 0 radical (unpaired) electrons. The van der Waals surface area contributed by atoms with Gasteiger partial charge in [-0.3, -0.25) is 9.88 Å². The van der Waals surface area contributed by atoms with Crippen molar-refractivity contribution in [3.05, 3.63) is 71.9 Å². The van der Waals surface area contributed by atoms with Crippen molar-refractivity contribution in [2.45, 2.75) is 25.3 Å². The van der Waals surface area contributed by atoms with E-state index in [1.165, 1.54) is 29.5 Å². The summed E-state index contributed by atoms with van der Waals surface area (Å²) in [4.78, 5) is 7.33. The third kappa shape index (κ3) is 3.67. The molecule has 4 rings (SSSR count). The zero-order valence-electron chi connectivity index (χ0n) is 14.7. The van der Waals surface area contributed by atoms with Crippen LogP contribution in [0.3, 0.4) is 0 Å². The summed E-state index contributed by atoms with van der Waals surface area (Å²) < 4.78 is 5.36. The minimum absolute atomic E-state index is 0.635. The first-order valence-electron chi connectivity index (χ1n) is 9.03. The van der Waals surface area contributed by atoms with Gasteiger partial charge in [0.1, 0.15) is 5.75 Å². The fourth-order valence-electron chi connectivity index (χ4n) is 3.75. The highest BCUT2D eigenvalue weighted by atomic mass is 16.5. The SMILES string of the molecule is COc1cccc(C2CCN(Cc3ccc4ccccc4n3)CC2)c1. The highest BCUT2D eigenvalue weighted by molar-refractivity contribution is 5.78. The monoisotopic (exact) mass is 332 g/mol. The maximum absolute atomic E-state index is 5.36. The summed E-state index contributed by atoms with van der Waals surface area (Å²) in [6.45, 7) is 3.18. The summed E-state index contributed by atoms with van der Waals surface area (Å²) in [6.07, 6.45) is 2.39. The zero-order valence-corrected chi connectivity index (χ0v) is 14.7. The summed E-state index contributed by atoms with van der Waals surface area (Å²) in [6, 6.07) is 21.2. The van der Waals surface area contributed by atoms with E-state index in [4.69, 9.17) is 9.72 Å². The first kappa shape index (κ1) is 16.1. The number of ether oxygens (including phenoxy) is 1. The van der Waals surface area contributed by atoms with Crippen LogP contribution >= 0.6 is 0 Å². The van der Waals surface area contributed by atoms with Crippen LogP contribution in [0.25, 0.3) is 10.9 Å². The Morgan fingerprint density at radius 2 is 1.84 bits per heavy atom. The number of hydrogen-bond acceptors (Lipinski definition) is 3. The molecule has 0 bridgehead atoms. The predicted octanol–water partition coefficient (Wildman–Crippen LogP) is 4.62. The molecule has 3 nitrogen and oxygen atoms in total. The minimum Gasteiger partial charge on any atom is -0.497 e. The molecule has 1 saturated heterocycles. The molecular weight excluding hydrogens is 308 g/mol. The first-order valence-corrected chi connectivity index (χ1v) is 9.03. The Kier molecular flexibility index (Phi) is 4.66. The van der Waals surface area contributed by atoms with Gasteiger partial charge >= 0.3 is 0 Å². The number of benzene rings is 2. The van der Waals surface area contributed by atoms with Crippen LogP contribution in [-0.2, 0) is 6.54 Å². The lowest BCUT2D eigenvalue weighted by molar-refractivity contribution is 0.202. The Morgan fingerprint density at radius 1 is 1.00 bits per heavy atom. The fourth-order valence-corrected chi connectivity index (χ4v) is 3.75. The number of aromatic nitrogens is 1. The number of piperidine rings is 1. The van der Waals surface area contributed by atoms with Crippen molar-refractivity contribution in [2.24, 2.45) is 0 Å².